The number of fused-ring (bicyclic) bond motifs is 1. The van der Waals surface area contributed by atoms with Crippen molar-refractivity contribution in [3.05, 3.63) is 18.2 Å². The van der Waals surface area contributed by atoms with Crippen molar-refractivity contribution in [2.45, 2.75) is 29.6 Å². The van der Waals surface area contributed by atoms with Crippen LogP contribution in [-0.4, -0.2) is 57.7 Å². The van der Waals surface area contributed by atoms with Gasteiger partial charge in [0.15, 0.2) is 0 Å². The fourth-order valence-corrected chi connectivity index (χ4v) is 5.14. The summed E-state index contributed by atoms with van der Waals surface area (Å²) in [7, 11) is -3.56. The molecule has 1 N–H and O–H groups in total. The fraction of sp³-hybridized carbons (Fsp3) is 0.562. The topological polar surface area (TPSA) is 69.7 Å². The van der Waals surface area contributed by atoms with Gasteiger partial charge in [0.25, 0.3) is 0 Å². The molecule has 1 aromatic rings. The number of nitrogens with one attached hydrogen (secondary N) is 1. The first kappa shape index (κ1) is 17.7. The second-order valence-corrected chi connectivity index (χ2v) is 9.00. The number of nitrogens with zero attached hydrogens (tertiary/aromatic N) is 2. The van der Waals surface area contributed by atoms with E-state index in [1.54, 1.807) is 34.9 Å². The van der Waals surface area contributed by atoms with Crippen molar-refractivity contribution in [3.8, 4) is 0 Å². The Morgan fingerprint density at radius 2 is 2.00 bits per heavy atom. The molecule has 1 aromatic carbocycles. The van der Waals surface area contributed by atoms with E-state index >= 15 is 0 Å². The number of amides is 1. The maximum atomic E-state index is 12.5. The summed E-state index contributed by atoms with van der Waals surface area (Å²) in [6.45, 7) is 5.36. The molecule has 2 aliphatic rings. The molecule has 0 radical (unpaired) electrons. The molecule has 1 fully saturated rings. The number of hydrogen-bond acceptors (Lipinski definition) is 5. The molecule has 0 aliphatic carbocycles. The quantitative estimate of drug-likeness (QED) is 0.852. The van der Waals surface area contributed by atoms with Gasteiger partial charge in [0.2, 0.25) is 15.9 Å². The van der Waals surface area contributed by atoms with Gasteiger partial charge in [-0.2, -0.15) is 0 Å². The minimum absolute atomic E-state index is 0.0620. The SMILES string of the molecule is CC(=O)N1CCSc2ccc(S(=O)(=O)NCCN3CCCC3)cc21. The van der Waals surface area contributed by atoms with Crippen molar-refractivity contribution >= 4 is 33.4 Å². The van der Waals surface area contributed by atoms with Crippen molar-refractivity contribution in [1.29, 1.82) is 0 Å². The van der Waals surface area contributed by atoms with Crippen molar-refractivity contribution in [2.75, 3.05) is 43.4 Å². The van der Waals surface area contributed by atoms with Crippen LogP contribution < -0.4 is 9.62 Å². The molecule has 0 aromatic heterocycles. The number of sulfonamides is 1. The van der Waals surface area contributed by atoms with Crippen LogP contribution in [0, 0.1) is 0 Å². The molecule has 0 spiro atoms. The molecule has 1 saturated heterocycles. The molecule has 8 heteroatoms. The first-order valence-corrected chi connectivity index (χ1v) is 10.7. The number of anilines is 1. The van der Waals surface area contributed by atoms with Crippen LogP contribution in [0.1, 0.15) is 19.8 Å². The lowest BCUT2D eigenvalue weighted by Crippen LogP contribution is -2.35. The van der Waals surface area contributed by atoms with E-state index in [0.717, 1.165) is 30.3 Å². The third kappa shape index (κ3) is 3.93. The largest absolute Gasteiger partial charge is 0.311 e. The summed E-state index contributed by atoms with van der Waals surface area (Å²) in [6.07, 6.45) is 2.38. The second kappa shape index (κ2) is 7.43. The molecular weight excluding hydrogens is 346 g/mol. The molecule has 2 aliphatic heterocycles. The summed E-state index contributed by atoms with van der Waals surface area (Å²) < 4.78 is 27.7. The Labute approximate surface area is 147 Å². The minimum Gasteiger partial charge on any atom is -0.311 e. The summed E-state index contributed by atoms with van der Waals surface area (Å²) >= 11 is 1.65. The van der Waals surface area contributed by atoms with Crippen LogP contribution in [0.5, 0.6) is 0 Å². The Morgan fingerprint density at radius 1 is 1.25 bits per heavy atom. The molecule has 0 bridgehead atoms. The van der Waals surface area contributed by atoms with E-state index in [2.05, 4.69) is 9.62 Å². The molecule has 132 valence electrons. The first-order valence-electron chi connectivity index (χ1n) is 8.24. The number of thioether (sulfide) groups is 1. The number of rotatable bonds is 5. The van der Waals surface area contributed by atoms with Crippen LogP contribution in [-0.2, 0) is 14.8 Å². The molecule has 2 heterocycles. The van der Waals surface area contributed by atoms with E-state index in [0.29, 0.717) is 18.8 Å². The fourth-order valence-electron chi connectivity index (χ4n) is 3.12. The average Bonchev–Trinajstić information content (AvgIpc) is 3.06. The van der Waals surface area contributed by atoms with Crippen LogP contribution >= 0.6 is 11.8 Å². The maximum absolute atomic E-state index is 12.5. The highest BCUT2D eigenvalue weighted by Gasteiger charge is 2.24. The smallest absolute Gasteiger partial charge is 0.240 e. The second-order valence-electron chi connectivity index (χ2n) is 6.10. The Balaban J connectivity index is 1.73. The van der Waals surface area contributed by atoms with Crippen molar-refractivity contribution < 1.29 is 13.2 Å². The Morgan fingerprint density at radius 3 is 2.71 bits per heavy atom. The number of hydrogen-bond donors (Lipinski definition) is 1. The predicted molar refractivity (Wildman–Crippen MR) is 96.1 cm³/mol. The van der Waals surface area contributed by atoms with E-state index < -0.39 is 10.0 Å². The minimum atomic E-state index is -3.56. The third-order valence-electron chi connectivity index (χ3n) is 4.40. The molecular formula is C16H23N3O3S2. The highest BCUT2D eigenvalue weighted by atomic mass is 32.2. The average molecular weight is 370 g/mol. The van der Waals surface area contributed by atoms with Crippen molar-refractivity contribution in [2.24, 2.45) is 0 Å². The standard InChI is InChI=1S/C16H23N3O3S2/c1-13(20)19-10-11-23-16-5-4-14(12-15(16)19)24(21,22)17-6-9-18-7-2-3-8-18/h4-5,12,17H,2-3,6-11H2,1H3. The highest BCUT2D eigenvalue weighted by molar-refractivity contribution is 7.99. The lowest BCUT2D eigenvalue weighted by molar-refractivity contribution is -0.116. The molecule has 0 saturated carbocycles. The zero-order valence-electron chi connectivity index (χ0n) is 13.8. The first-order chi connectivity index (χ1) is 11.5. The van der Waals surface area contributed by atoms with Gasteiger partial charge in [-0.1, -0.05) is 0 Å². The molecule has 3 rings (SSSR count). The molecule has 1 amide bonds. The zero-order valence-corrected chi connectivity index (χ0v) is 15.5. The Kier molecular flexibility index (Phi) is 5.49. The van der Waals surface area contributed by atoms with Gasteiger partial charge in [-0.05, 0) is 44.1 Å². The normalized spacial score (nSPS) is 18.6. The van der Waals surface area contributed by atoms with Crippen LogP contribution in [0.2, 0.25) is 0 Å². The summed E-state index contributed by atoms with van der Waals surface area (Å²) in [5.41, 5.74) is 0.696. The van der Waals surface area contributed by atoms with Gasteiger partial charge in [0.05, 0.1) is 10.6 Å². The van der Waals surface area contributed by atoms with Crippen LogP contribution in [0.25, 0.3) is 0 Å². The number of benzene rings is 1. The lowest BCUT2D eigenvalue weighted by atomic mass is 10.2. The van der Waals surface area contributed by atoms with Gasteiger partial charge in [-0.25, -0.2) is 13.1 Å². The zero-order chi connectivity index (χ0) is 17.2. The molecule has 24 heavy (non-hydrogen) atoms. The van der Waals surface area contributed by atoms with E-state index in [9.17, 15) is 13.2 Å². The number of likely N-dealkylation sites (tertiary alicyclic amines) is 1. The summed E-state index contributed by atoms with van der Waals surface area (Å²) in [4.78, 5) is 16.9. The van der Waals surface area contributed by atoms with Crippen molar-refractivity contribution in [3.63, 3.8) is 0 Å². The molecule has 0 unspecified atom stereocenters. The predicted octanol–water partition coefficient (Wildman–Crippen LogP) is 1.52. The van der Waals surface area contributed by atoms with Gasteiger partial charge in [0, 0.05) is 37.2 Å². The van der Waals surface area contributed by atoms with E-state index in [-0.39, 0.29) is 10.8 Å². The molecule has 6 nitrogen and oxygen atoms in total. The van der Waals surface area contributed by atoms with Crippen LogP contribution in [0.3, 0.4) is 0 Å². The summed E-state index contributed by atoms with van der Waals surface area (Å²) in [5.74, 6) is 0.764. The van der Waals surface area contributed by atoms with Gasteiger partial charge in [-0.3, -0.25) is 4.79 Å². The number of carbonyl (C=O) groups excluding carboxylic acids is 1. The molecule has 0 atom stereocenters. The van der Waals surface area contributed by atoms with Crippen LogP contribution in [0.4, 0.5) is 5.69 Å². The van der Waals surface area contributed by atoms with Gasteiger partial charge in [-0.15, -0.1) is 11.8 Å². The van der Waals surface area contributed by atoms with E-state index in [4.69, 9.17) is 0 Å². The Hall–Kier alpha value is -1.09. The van der Waals surface area contributed by atoms with Gasteiger partial charge >= 0.3 is 0 Å². The summed E-state index contributed by atoms with van der Waals surface area (Å²) in [5, 5.41) is 0. The van der Waals surface area contributed by atoms with Gasteiger partial charge in [0.1, 0.15) is 0 Å². The maximum Gasteiger partial charge on any atom is 0.240 e. The third-order valence-corrected chi connectivity index (χ3v) is 6.90. The number of carbonyl (C=O) groups is 1. The van der Waals surface area contributed by atoms with Gasteiger partial charge < -0.3 is 9.80 Å². The monoisotopic (exact) mass is 369 g/mol. The van der Waals surface area contributed by atoms with E-state index in [1.807, 2.05) is 0 Å². The van der Waals surface area contributed by atoms with E-state index in [1.165, 1.54) is 19.8 Å². The van der Waals surface area contributed by atoms with Crippen molar-refractivity contribution in [1.82, 2.24) is 9.62 Å². The Bertz CT molecular complexity index is 715. The highest BCUT2D eigenvalue weighted by Crippen LogP contribution is 2.36. The summed E-state index contributed by atoms with van der Waals surface area (Å²) in [6, 6.07) is 5.03. The lowest BCUT2D eigenvalue weighted by Gasteiger charge is -2.28. The van der Waals surface area contributed by atoms with Crippen LogP contribution in [0.15, 0.2) is 28.0 Å².